The van der Waals surface area contributed by atoms with Gasteiger partial charge in [0.1, 0.15) is 10.8 Å². The van der Waals surface area contributed by atoms with Crippen LogP contribution in [0.1, 0.15) is 23.9 Å². The van der Waals surface area contributed by atoms with Gasteiger partial charge in [-0.25, -0.2) is 0 Å². The molecule has 1 aromatic carbocycles. The molecule has 6 nitrogen and oxygen atoms in total. The lowest BCUT2D eigenvalue weighted by Crippen LogP contribution is -2.21. The highest BCUT2D eigenvalue weighted by atomic mass is 32.1. The number of nitrogens with one attached hydrogen (secondary N) is 1. The summed E-state index contributed by atoms with van der Waals surface area (Å²) in [4.78, 5) is 11.1. The van der Waals surface area contributed by atoms with Gasteiger partial charge in [0.25, 0.3) is 0 Å². The first-order valence-corrected chi connectivity index (χ1v) is 8.07. The smallest absolute Gasteiger partial charge is 0.239 e. The number of aryl methyl sites for hydroxylation is 2. The molecule has 1 amide bonds. The van der Waals surface area contributed by atoms with Gasteiger partial charge in [-0.1, -0.05) is 30.4 Å². The largest absolute Gasteiger partial charge is 0.494 e. The summed E-state index contributed by atoms with van der Waals surface area (Å²) in [6.45, 7) is 2.69. The maximum Gasteiger partial charge on any atom is 0.239 e. The van der Waals surface area contributed by atoms with E-state index in [9.17, 15) is 4.79 Å². The summed E-state index contributed by atoms with van der Waals surface area (Å²) < 4.78 is 5.69. The highest BCUT2D eigenvalue weighted by Crippen LogP contribution is 2.17. The molecule has 2 rings (SSSR count). The number of benzene rings is 1. The molecule has 1 heterocycles. The van der Waals surface area contributed by atoms with E-state index in [1.54, 1.807) is 0 Å². The van der Waals surface area contributed by atoms with Gasteiger partial charge in [0.05, 0.1) is 13.2 Å². The summed E-state index contributed by atoms with van der Waals surface area (Å²) in [6, 6.07) is 8.13. The standard InChI is InChI=1S/C15H20N4O2S/c1-2-11-5-7-12(8-6-11)21-9-3-4-14-18-19-15(22-14)17-13(20)10-16/h5-8H,2-4,9-10,16H2,1H3,(H,17,19,20). The van der Waals surface area contributed by atoms with Crippen molar-refractivity contribution >= 4 is 22.4 Å². The third kappa shape index (κ3) is 5.09. The average molecular weight is 320 g/mol. The maximum absolute atomic E-state index is 11.1. The normalized spacial score (nSPS) is 10.5. The molecule has 3 N–H and O–H groups in total. The van der Waals surface area contributed by atoms with Crippen LogP contribution in [-0.2, 0) is 17.6 Å². The highest BCUT2D eigenvalue weighted by Gasteiger charge is 2.06. The van der Waals surface area contributed by atoms with Crippen LogP contribution in [0.4, 0.5) is 5.13 Å². The van der Waals surface area contributed by atoms with Gasteiger partial charge in [-0.3, -0.25) is 10.1 Å². The summed E-state index contributed by atoms with van der Waals surface area (Å²) in [6.07, 6.45) is 2.64. The maximum atomic E-state index is 11.1. The van der Waals surface area contributed by atoms with E-state index >= 15 is 0 Å². The van der Waals surface area contributed by atoms with Crippen LogP contribution in [0.5, 0.6) is 5.75 Å². The van der Waals surface area contributed by atoms with Crippen molar-refractivity contribution in [1.29, 1.82) is 0 Å². The topological polar surface area (TPSA) is 90.1 Å². The molecule has 2 aromatic rings. The number of anilines is 1. The molecule has 0 saturated heterocycles. The monoisotopic (exact) mass is 320 g/mol. The van der Waals surface area contributed by atoms with Gasteiger partial charge in [0, 0.05) is 6.42 Å². The molecular formula is C15H20N4O2S. The second kappa shape index (κ2) is 8.45. The third-order valence-corrected chi connectivity index (χ3v) is 3.93. The minimum Gasteiger partial charge on any atom is -0.494 e. The first-order valence-electron chi connectivity index (χ1n) is 7.25. The number of amides is 1. The van der Waals surface area contributed by atoms with E-state index in [1.165, 1.54) is 16.9 Å². The quantitative estimate of drug-likeness (QED) is 0.726. The summed E-state index contributed by atoms with van der Waals surface area (Å²) in [5.74, 6) is 0.618. The number of aromatic nitrogens is 2. The zero-order valence-corrected chi connectivity index (χ0v) is 13.4. The van der Waals surface area contributed by atoms with E-state index in [0.29, 0.717) is 11.7 Å². The zero-order chi connectivity index (χ0) is 15.8. The van der Waals surface area contributed by atoms with Crippen molar-refractivity contribution in [2.75, 3.05) is 18.5 Å². The van der Waals surface area contributed by atoms with E-state index < -0.39 is 0 Å². The molecule has 1 aromatic heterocycles. The van der Waals surface area contributed by atoms with Crippen LogP contribution < -0.4 is 15.8 Å². The van der Waals surface area contributed by atoms with Crippen molar-refractivity contribution in [3.05, 3.63) is 34.8 Å². The van der Waals surface area contributed by atoms with Gasteiger partial charge in [-0.2, -0.15) is 0 Å². The molecule has 0 radical (unpaired) electrons. The van der Waals surface area contributed by atoms with E-state index in [-0.39, 0.29) is 12.5 Å². The predicted molar refractivity (Wildman–Crippen MR) is 87.2 cm³/mol. The average Bonchev–Trinajstić information content (AvgIpc) is 2.99. The van der Waals surface area contributed by atoms with E-state index in [1.807, 2.05) is 12.1 Å². The van der Waals surface area contributed by atoms with Crippen LogP contribution in [0.25, 0.3) is 0 Å². The van der Waals surface area contributed by atoms with E-state index in [2.05, 4.69) is 34.6 Å². The fourth-order valence-electron chi connectivity index (χ4n) is 1.81. The number of carbonyl (C=O) groups excluding carboxylic acids is 1. The summed E-state index contributed by atoms with van der Waals surface area (Å²) in [5, 5.41) is 11.9. The Morgan fingerprint density at radius 1 is 1.32 bits per heavy atom. The molecule has 0 aliphatic rings. The fraction of sp³-hybridized carbons (Fsp3) is 0.400. The van der Waals surface area contributed by atoms with Crippen LogP contribution in [0.2, 0.25) is 0 Å². The number of nitrogens with two attached hydrogens (primary N) is 1. The molecule has 0 atom stereocenters. The van der Waals surface area contributed by atoms with Crippen molar-refractivity contribution in [3.8, 4) is 5.75 Å². The molecule has 0 unspecified atom stereocenters. The lowest BCUT2D eigenvalue weighted by molar-refractivity contribution is -0.114. The van der Waals surface area contributed by atoms with Gasteiger partial charge in [0.2, 0.25) is 11.0 Å². The minimum absolute atomic E-state index is 0.0560. The van der Waals surface area contributed by atoms with Gasteiger partial charge in [-0.05, 0) is 30.5 Å². The third-order valence-electron chi connectivity index (χ3n) is 3.03. The highest BCUT2D eigenvalue weighted by molar-refractivity contribution is 7.15. The van der Waals surface area contributed by atoms with Crippen LogP contribution in [0, 0.1) is 0 Å². The van der Waals surface area contributed by atoms with E-state index in [0.717, 1.165) is 30.0 Å². The predicted octanol–water partition coefficient (Wildman–Crippen LogP) is 2.01. The number of nitrogens with zero attached hydrogens (tertiary/aromatic N) is 2. The SMILES string of the molecule is CCc1ccc(OCCCc2nnc(NC(=O)CN)s2)cc1. The molecule has 0 spiro atoms. The van der Waals surface area contributed by atoms with Crippen LogP contribution in [0.15, 0.2) is 24.3 Å². The fourth-order valence-corrected chi connectivity index (χ4v) is 2.61. The first-order chi connectivity index (χ1) is 10.7. The van der Waals surface area contributed by atoms with Crippen molar-refractivity contribution < 1.29 is 9.53 Å². The molecule has 0 bridgehead atoms. The Bertz CT molecular complexity index is 598. The summed E-state index contributed by atoms with van der Waals surface area (Å²) >= 11 is 1.36. The molecule has 0 fully saturated rings. The number of hydrogen-bond acceptors (Lipinski definition) is 6. The van der Waals surface area contributed by atoms with Crippen LogP contribution >= 0.6 is 11.3 Å². The first kappa shape index (κ1) is 16.4. The van der Waals surface area contributed by atoms with Gasteiger partial charge in [-0.15, -0.1) is 10.2 Å². The Hall–Kier alpha value is -1.99. The molecule has 22 heavy (non-hydrogen) atoms. The lowest BCUT2D eigenvalue weighted by atomic mass is 10.2. The summed E-state index contributed by atoms with van der Waals surface area (Å²) in [7, 11) is 0. The Morgan fingerprint density at radius 2 is 2.09 bits per heavy atom. The number of carbonyl (C=O) groups is 1. The Labute approximate surface area is 133 Å². The number of hydrogen-bond donors (Lipinski definition) is 2. The zero-order valence-electron chi connectivity index (χ0n) is 12.5. The second-order valence-electron chi connectivity index (χ2n) is 4.70. The molecular weight excluding hydrogens is 300 g/mol. The van der Waals surface area contributed by atoms with Crippen molar-refractivity contribution in [3.63, 3.8) is 0 Å². The molecule has 0 aliphatic heterocycles. The van der Waals surface area contributed by atoms with Gasteiger partial charge < -0.3 is 10.5 Å². The van der Waals surface area contributed by atoms with Crippen molar-refractivity contribution in [2.24, 2.45) is 5.73 Å². The lowest BCUT2D eigenvalue weighted by Gasteiger charge is -2.05. The van der Waals surface area contributed by atoms with Crippen molar-refractivity contribution in [2.45, 2.75) is 26.2 Å². The van der Waals surface area contributed by atoms with Crippen LogP contribution in [0.3, 0.4) is 0 Å². The Kier molecular flexibility index (Phi) is 6.29. The van der Waals surface area contributed by atoms with Crippen molar-refractivity contribution in [1.82, 2.24) is 10.2 Å². The number of ether oxygens (including phenoxy) is 1. The molecule has 7 heteroatoms. The minimum atomic E-state index is -0.262. The number of rotatable bonds is 8. The Balaban J connectivity index is 1.71. The van der Waals surface area contributed by atoms with E-state index in [4.69, 9.17) is 10.5 Å². The second-order valence-corrected chi connectivity index (χ2v) is 5.76. The molecule has 0 aliphatic carbocycles. The van der Waals surface area contributed by atoms with Gasteiger partial charge >= 0.3 is 0 Å². The molecule has 118 valence electrons. The van der Waals surface area contributed by atoms with Crippen LogP contribution in [-0.4, -0.2) is 29.3 Å². The summed E-state index contributed by atoms with van der Waals surface area (Å²) in [5.41, 5.74) is 6.53. The van der Waals surface area contributed by atoms with Gasteiger partial charge in [0.15, 0.2) is 0 Å². The Morgan fingerprint density at radius 3 is 2.77 bits per heavy atom. The molecule has 0 saturated carbocycles.